The van der Waals surface area contributed by atoms with Crippen LogP contribution in [0.2, 0.25) is 0 Å². The van der Waals surface area contributed by atoms with E-state index in [4.69, 9.17) is 0 Å². The molecule has 1 saturated heterocycles. The third-order valence-electron chi connectivity index (χ3n) is 3.89. The first-order valence-corrected chi connectivity index (χ1v) is 5.48. The largest absolute Gasteiger partial charge is 0.377 e. The Kier molecular flexibility index (Phi) is 1.55. The molecule has 0 amide bonds. The maximum absolute atomic E-state index is 2.48. The van der Waals surface area contributed by atoms with Crippen LogP contribution in [0.5, 0.6) is 0 Å². The topological polar surface area (TPSA) is 3.24 Å². The Hall–Kier alpha value is -0.720. The molecule has 2 aliphatic carbocycles. The van der Waals surface area contributed by atoms with Gasteiger partial charge >= 0.3 is 0 Å². The molecule has 0 aromatic rings. The fraction of sp³-hybridized carbons (Fsp3) is 0.667. The van der Waals surface area contributed by atoms with E-state index in [2.05, 4.69) is 24.1 Å². The molecule has 70 valence electrons. The van der Waals surface area contributed by atoms with Crippen LogP contribution in [-0.4, -0.2) is 18.5 Å². The van der Waals surface area contributed by atoms with Gasteiger partial charge in [0.1, 0.15) is 0 Å². The Morgan fingerprint density at radius 1 is 1.31 bits per heavy atom. The average Bonchev–Trinajstić information content (AvgIpc) is 2.66. The van der Waals surface area contributed by atoms with Gasteiger partial charge in [-0.3, -0.25) is 0 Å². The van der Waals surface area contributed by atoms with Crippen LogP contribution in [0.3, 0.4) is 0 Å². The number of likely N-dealkylation sites (tertiary alicyclic amines) is 1. The predicted molar refractivity (Wildman–Crippen MR) is 54.2 cm³/mol. The minimum absolute atomic E-state index is 0.910. The minimum atomic E-state index is 0.910. The molecule has 3 rings (SSSR count). The number of nitrogens with zero attached hydrogens (tertiary/aromatic N) is 1. The van der Waals surface area contributed by atoms with Crippen molar-refractivity contribution in [1.82, 2.24) is 4.90 Å². The fourth-order valence-electron chi connectivity index (χ4n) is 3.29. The monoisotopic (exact) mass is 175 g/mol. The Bertz CT molecular complexity index is 287. The zero-order chi connectivity index (χ0) is 8.84. The van der Waals surface area contributed by atoms with E-state index in [0.717, 1.165) is 11.8 Å². The van der Waals surface area contributed by atoms with E-state index in [0.29, 0.717) is 0 Å². The highest BCUT2D eigenvalue weighted by Gasteiger charge is 2.38. The second-order valence-electron chi connectivity index (χ2n) is 4.66. The van der Waals surface area contributed by atoms with Gasteiger partial charge in [-0.2, -0.15) is 0 Å². The van der Waals surface area contributed by atoms with Gasteiger partial charge in [-0.05, 0) is 37.2 Å². The molecule has 0 saturated carbocycles. The van der Waals surface area contributed by atoms with Gasteiger partial charge in [-0.25, -0.2) is 0 Å². The lowest BCUT2D eigenvalue weighted by molar-refractivity contribution is 0.465. The van der Waals surface area contributed by atoms with Gasteiger partial charge in [-0.1, -0.05) is 12.2 Å². The molecule has 0 bridgehead atoms. The molecular weight excluding hydrogens is 158 g/mol. The maximum Gasteiger partial charge on any atom is 0.0198 e. The molecule has 0 aromatic heterocycles. The summed E-state index contributed by atoms with van der Waals surface area (Å²) >= 11 is 0. The first-order valence-electron chi connectivity index (χ1n) is 5.48. The molecule has 1 fully saturated rings. The van der Waals surface area contributed by atoms with E-state index in [-0.39, 0.29) is 0 Å². The Labute approximate surface area is 80.1 Å². The lowest BCUT2D eigenvalue weighted by atomic mass is 9.90. The van der Waals surface area contributed by atoms with Crippen molar-refractivity contribution in [2.24, 2.45) is 11.8 Å². The maximum atomic E-state index is 2.48. The molecule has 0 radical (unpaired) electrons. The van der Waals surface area contributed by atoms with Crippen molar-refractivity contribution in [1.29, 1.82) is 0 Å². The number of hydrogen-bond donors (Lipinski definition) is 0. The van der Waals surface area contributed by atoms with Crippen LogP contribution in [0.1, 0.15) is 25.7 Å². The third-order valence-corrected chi connectivity index (χ3v) is 3.89. The number of fused-ring (bicyclic) bond motifs is 2. The number of hydrogen-bond acceptors (Lipinski definition) is 1. The van der Waals surface area contributed by atoms with Gasteiger partial charge in [0.05, 0.1) is 0 Å². The molecule has 2 unspecified atom stereocenters. The van der Waals surface area contributed by atoms with Crippen LogP contribution in [0, 0.1) is 11.8 Å². The van der Waals surface area contributed by atoms with Gasteiger partial charge in [0.15, 0.2) is 0 Å². The Morgan fingerprint density at radius 3 is 3.15 bits per heavy atom. The summed E-state index contributed by atoms with van der Waals surface area (Å²) < 4.78 is 0. The van der Waals surface area contributed by atoms with Gasteiger partial charge in [-0.15, -0.1) is 0 Å². The third kappa shape index (κ3) is 0.993. The molecular formula is C12H17N. The lowest BCUT2D eigenvalue weighted by Crippen LogP contribution is -2.13. The highest BCUT2D eigenvalue weighted by atomic mass is 15.1. The Balaban J connectivity index is 2.05. The zero-order valence-corrected chi connectivity index (χ0v) is 8.29. The van der Waals surface area contributed by atoms with Crippen LogP contribution in [0.25, 0.3) is 0 Å². The van der Waals surface area contributed by atoms with Gasteiger partial charge in [0, 0.05) is 25.2 Å². The van der Waals surface area contributed by atoms with Crippen molar-refractivity contribution in [3.05, 3.63) is 23.4 Å². The molecule has 0 spiro atoms. The molecule has 3 aliphatic rings. The molecule has 1 nitrogen and oxygen atoms in total. The first-order chi connectivity index (χ1) is 6.36. The molecule has 1 heteroatoms. The van der Waals surface area contributed by atoms with E-state index in [1.165, 1.54) is 32.2 Å². The summed E-state index contributed by atoms with van der Waals surface area (Å²) in [7, 11) is 2.26. The van der Waals surface area contributed by atoms with Crippen LogP contribution in [0.4, 0.5) is 0 Å². The summed E-state index contributed by atoms with van der Waals surface area (Å²) in [5.74, 6) is 1.82. The second kappa shape index (κ2) is 2.63. The fourth-order valence-corrected chi connectivity index (χ4v) is 3.29. The van der Waals surface area contributed by atoms with Crippen LogP contribution < -0.4 is 0 Å². The van der Waals surface area contributed by atoms with Crippen molar-refractivity contribution in [3.8, 4) is 0 Å². The van der Waals surface area contributed by atoms with Crippen molar-refractivity contribution >= 4 is 0 Å². The van der Waals surface area contributed by atoms with Gasteiger partial charge < -0.3 is 4.90 Å². The minimum Gasteiger partial charge on any atom is -0.377 e. The lowest BCUT2D eigenvalue weighted by Gasteiger charge is -2.19. The first kappa shape index (κ1) is 7.66. The molecule has 0 N–H and O–H groups in total. The SMILES string of the molecule is CN1CCC2CC3CCC=CC3=C21. The van der Waals surface area contributed by atoms with E-state index >= 15 is 0 Å². The average molecular weight is 175 g/mol. The quantitative estimate of drug-likeness (QED) is 0.547. The van der Waals surface area contributed by atoms with Crippen molar-refractivity contribution in [3.63, 3.8) is 0 Å². The molecule has 1 heterocycles. The van der Waals surface area contributed by atoms with Crippen molar-refractivity contribution in [2.45, 2.75) is 25.7 Å². The molecule has 1 aliphatic heterocycles. The highest BCUT2D eigenvalue weighted by molar-refractivity contribution is 5.37. The van der Waals surface area contributed by atoms with Gasteiger partial charge in [0.2, 0.25) is 0 Å². The van der Waals surface area contributed by atoms with Crippen LogP contribution in [-0.2, 0) is 0 Å². The summed E-state index contributed by atoms with van der Waals surface area (Å²) in [5, 5.41) is 0. The van der Waals surface area contributed by atoms with Crippen LogP contribution >= 0.6 is 0 Å². The number of allylic oxidation sites excluding steroid dienone is 4. The van der Waals surface area contributed by atoms with Gasteiger partial charge in [0.25, 0.3) is 0 Å². The highest BCUT2D eigenvalue weighted by Crippen LogP contribution is 2.47. The zero-order valence-electron chi connectivity index (χ0n) is 8.29. The second-order valence-corrected chi connectivity index (χ2v) is 4.66. The summed E-state index contributed by atoms with van der Waals surface area (Å²) in [5.41, 5.74) is 3.36. The van der Waals surface area contributed by atoms with E-state index in [9.17, 15) is 0 Å². The molecule has 2 atom stereocenters. The van der Waals surface area contributed by atoms with Crippen molar-refractivity contribution < 1.29 is 0 Å². The van der Waals surface area contributed by atoms with E-state index in [1.807, 2.05) is 0 Å². The normalized spacial score (nSPS) is 36.8. The summed E-state index contributed by atoms with van der Waals surface area (Å²) in [6.45, 7) is 1.28. The summed E-state index contributed by atoms with van der Waals surface area (Å²) in [6.07, 6.45) is 10.3. The molecule has 0 aromatic carbocycles. The summed E-state index contributed by atoms with van der Waals surface area (Å²) in [4.78, 5) is 2.48. The Morgan fingerprint density at radius 2 is 2.23 bits per heavy atom. The van der Waals surface area contributed by atoms with E-state index < -0.39 is 0 Å². The number of rotatable bonds is 0. The van der Waals surface area contributed by atoms with E-state index in [1.54, 1.807) is 11.3 Å². The summed E-state index contributed by atoms with van der Waals surface area (Å²) in [6, 6.07) is 0. The van der Waals surface area contributed by atoms with Crippen LogP contribution in [0.15, 0.2) is 23.4 Å². The molecule has 13 heavy (non-hydrogen) atoms. The predicted octanol–water partition coefficient (Wildman–Crippen LogP) is 2.56. The smallest absolute Gasteiger partial charge is 0.0198 e. The van der Waals surface area contributed by atoms with Crippen molar-refractivity contribution in [2.75, 3.05) is 13.6 Å². The standard InChI is InChI=1S/C12H17N/c1-13-7-6-10-8-9-4-2-3-5-11(9)12(10)13/h3,5,9-10H,2,4,6-8H2,1H3.